The molecule has 3 atom stereocenters. The molecule has 1 fully saturated rings. The fourth-order valence-electron chi connectivity index (χ4n) is 3.86. The van der Waals surface area contributed by atoms with Gasteiger partial charge >= 0.3 is 12.0 Å². The van der Waals surface area contributed by atoms with Crippen LogP contribution in [0, 0.1) is 35.0 Å². The third-order valence-corrected chi connectivity index (χ3v) is 5.74. The molecule has 37 heavy (non-hydrogen) atoms. The summed E-state index contributed by atoms with van der Waals surface area (Å²) >= 11 is 0. The van der Waals surface area contributed by atoms with Crippen molar-refractivity contribution in [3.05, 3.63) is 88.7 Å². The topological polar surface area (TPSA) is 44.8 Å². The second-order valence-corrected chi connectivity index (χ2v) is 8.35. The highest BCUT2D eigenvalue weighted by atomic mass is 19.2. The first-order valence-corrected chi connectivity index (χ1v) is 11.1. The van der Waals surface area contributed by atoms with Crippen LogP contribution in [0.4, 0.5) is 30.7 Å². The number of esters is 1. The van der Waals surface area contributed by atoms with Crippen molar-refractivity contribution < 1.29 is 49.7 Å². The lowest BCUT2D eigenvalue weighted by Gasteiger charge is -2.36. The first-order chi connectivity index (χ1) is 17.5. The molecule has 0 bridgehead atoms. The number of carbonyl (C=O) groups excluding carboxylic acids is 1. The van der Waals surface area contributed by atoms with Crippen molar-refractivity contribution in [2.45, 2.75) is 32.2 Å². The molecular weight excluding hydrogens is 509 g/mol. The fourth-order valence-corrected chi connectivity index (χ4v) is 3.86. The average Bonchev–Trinajstić information content (AvgIpc) is 2.84. The molecule has 1 saturated heterocycles. The van der Waals surface area contributed by atoms with Crippen LogP contribution in [0.3, 0.4) is 0 Å². The number of alkyl halides is 2. The normalized spacial score (nSPS) is 21.6. The molecule has 0 spiro atoms. The van der Waals surface area contributed by atoms with Crippen molar-refractivity contribution in [1.82, 2.24) is 0 Å². The lowest BCUT2D eigenvalue weighted by atomic mass is 10.0. The van der Waals surface area contributed by atoms with Gasteiger partial charge in [0, 0.05) is 23.6 Å². The molecule has 1 aliphatic rings. The minimum absolute atomic E-state index is 0.156. The molecule has 3 aromatic carbocycles. The van der Waals surface area contributed by atoms with Crippen LogP contribution in [0.1, 0.15) is 35.7 Å². The maximum Gasteiger partial charge on any atom is 0.351 e. The van der Waals surface area contributed by atoms with Gasteiger partial charge in [0.25, 0.3) is 0 Å². The van der Waals surface area contributed by atoms with Gasteiger partial charge < -0.3 is 9.47 Å². The molecule has 1 aliphatic heterocycles. The van der Waals surface area contributed by atoms with Crippen LogP contribution in [-0.4, -0.2) is 18.9 Å². The molecule has 0 aliphatic carbocycles. The van der Waals surface area contributed by atoms with E-state index in [9.17, 15) is 31.1 Å². The summed E-state index contributed by atoms with van der Waals surface area (Å²) in [6.45, 7) is 1.63. The van der Waals surface area contributed by atoms with Crippen molar-refractivity contribution in [2.24, 2.45) is 5.92 Å². The van der Waals surface area contributed by atoms with Crippen LogP contribution in [-0.2, 0) is 15.5 Å². The molecule has 4 rings (SSSR count). The van der Waals surface area contributed by atoms with Crippen LogP contribution in [0.25, 0.3) is 11.1 Å². The second kappa shape index (κ2) is 10.5. The predicted molar refractivity (Wildman–Crippen MR) is 116 cm³/mol. The van der Waals surface area contributed by atoms with E-state index < -0.39 is 70.2 Å². The molecule has 0 amide bonds. The fraction of sp³-hybridized carbons (Fsp3) is 0.269. The highest BCUT2D eigenvalue weighted by Crippen LogP contribution is 2.39. The molecular formula is C26H19F7O4. The minimum Gasteiger partial charge on any atom is -0.423 e. The molecule has 0 saturated carbocycles. The highest BCUT2D eigenvalue weighted by molar-refractivity contribution is 5.91. The third-order valence-electron chi connectivity index (χ3n) is 5.74. The van der Waals surface area contributed by atoms with E-state index in [1.165, 1.54) is 0 Å². The largest absolute Gasteiger partial charge is 0.423 e. The molecule has 196 valence electrons. The van der Waals surface area contributed by atoms with Crippen molar-refractivity contribution in [3.8, 4) is 16.9 Å². The molecule has 3 aromatic rings. The highest BCUT2D eigenvalue weighted by Gasteiger charge is 2.45. The van der Waals surface area contributed by atoms with Gasteiger partial charge in [0.1, 0.15) is 17.4 Å². The summed E-state index contributed by atoms with van der Waals surface area (Å²) in [6, 6.07) is 3.59. The molecule has 0 N–H and O–H groups in total. The molecule has 11 heteroatoms. The minimum atomic E-state index is -2.87. The number of rotatable bonds is 6. The van der Waals surface area contributed by atoms with E-state index in [2.05, 4.69) is 0 Å². The van der Waals surface area contributed by atoms with E-state index in [0.29, 0.717) is 37.1 Å². The van der Waals surface area contributed by atoms with Gasteiger partial charge in [-0.3, -0.25) is 4.74 Å². The van der Waals surface area contributed by atoms with Gasteiger partial charge in [-0.15, -0.1) is 0 Å². The molecule has 0 aromatic heterocycles. The summed E-state index contributed by atoms with van der Waals surface area (Å²) in [5.41, 5.74) is -1.85. The van der Waals surface area contributed by atoms with E-state index in [1.54, 1.807) is 0 Å². The van der Waals surface area contributed by atoms with Gasteiger partial charge in [0.05, 0.1) is 17.7 Å². The number of hydrogen-bond donors (Lipinski definition) is 0. The molecule has 4 nitrogen and oxygen atoms in total. The Labute approximate surface area is 206 Å². The van der Waals surface area contributed by atoms with Crippen LogP contribution in [0.2, 0.25) is 0 Å². The van der Waals surface area contributed by atoms with Crippen molar-refractivity contribution in [3.63, 3.8) is 0 Å². The quantitative estimate of drug-likeness (QED) is 0.148. The number of benzene rings is 3. The van der Waals surface area contributed by atoms with Crippen LogP contribution >= 0.6 is 0 Å². The summed E-state index contributed by atoms with van der Waals surface area (Å²) < 4.78 is 113. The Hall–Kier alpha value is -3.44. The Kier molecular flexibility index (Phi) is 7.56. The van der Waals surface area contributed by atoms with Crippen LogP contribution < -0.4 is 4.74 Å². The Morgan fingerprint density at radius 3 is 2.11 bits per heavy atom. The number of carbonyl (C=O) groups is 1. The van der Waals surface area contributed by atoms with Crippen molar-refractivity contribution >= 4 is 5.97 Å². The summed E-state index contributed by atoms with van der Waals surface area (Å²) in [5, 5.41) is 0. The standard InChI is InChI=1S/C26H19F7O4/c1-2-3-14-12-35-26(33,37-24(14)32)16-6-4-13(5-7-16)25(34)36-17-10-18(27)22(19(28)11-17)15-8-20(29)23(31)21(30)9-15/h4-11,14,24H,2-3,12H2,1H3. The molecule has 0 radical (unpaired) electrons. The van der Waals surface area contributed by atoms with Crippen LogP contribution in [0.15, 0.2) is 48.5 Å². The maximum atomic E-state index is 15.0. The summed E-state index contributed by atoms with van der Waals surface area (Å²) in [5.74, 6) is -10.0. The maximum absolute atomic E-state index is 15.0. The Bertz CT molecular complexity index is 1270. The Morgan fingerprint density at radius 2 is 1.57 bits per heavy atom. The average molecular weight is 528 g/mol. The zero-order valence-corrected chi connectivity index (χ0v) is 19.2. The van der Waals surface area contributed by atoms with Crippen LogP contribution in [0.5, 0.6) is 5.75 Å². The van der Waals surface area contributed by atoms with Gasteiger partial charge in [-0.1, -0.05) is 13.3 Å². The van der Waals surface area contributed by atoms with Crippen molar-refractivity contribution in [2.75, 3.05) is 6.61 Å². The number of hydrogen-bond acceptors (Lipinski definition) is 4. The van der Waals surface area contributed by atoms with Gasteiger partial charge in [-0.25, -0.2) is 31.1 Å². The SMILES string of the molecule is CCCC1COC(F)(c2ccc(C(=O)Oc3cc(F)c(-c4cc(F)c(F)c(F)c4)c(F)c3)cc2)OC1F. The Balaban J connectivity index is 1.49. The Morgan fingerprint density at radius 1 is 0.973 bits per heavy atom. The summed E-state index contributed by atoms with van der Waals surface area (Å²) in [7, 11) is 0. The van der Waals surface area contributed by atoms with E-state index in [4.69, 9.17) is 14.2 Å². The van der Waals surface area contributed by atoms with Gasteiger partial charge in [0.15, 0.2) is 17.5 Å². The van der Waals surface area contributed by atoms with E-state index in [-0.39, 0.29) is 17.7 Å². The van der Waals surface area contributed by atoms with Gasteiger partial charge in [-0.05, 0) is 48.4 Å². The molecule has 1 heterocycles. The van der Waals surface area contributed by atoms with Gasteiger partial charge in [0.2, 0.25) is 6.36 Å². The van der Waals surface area contributed by atoms with E-state index in [0.717, 1.165) is 24.3 Å². The zero-order chi connectivity index (χ0) is 26.9. The molecule has 3 unspecified atom stereocenters. The first-order valence-electron chi connectivity index (χ1n) is 11.1. The second-order valence-electron chi connectivity index (χ2n) is 8.35. The summed E-state index contributed by atoms with van der Waals surface area (Å²) in [6.07, 6.45) is -0.783. The first kappa shape index (κ1) is 26.6. The lowest BCUT2D eigenvalue weighted by Crippen LogP contribution is -2.43. The number of halogens is 7. The predicted octanol–water partition coefficient (Wildman–Crippen LogP) is 7.11. The lowest BCUT2D eigenvalue weighted by molar-refractivity contribution is -0.406. The summed E-state index contributed by atoms with van der Waals surface area (Å²) in [4.78, 5) is 12.4. The smallest absolute Gasteiger partial charge is 0.351 e. The number of ether oxygens (including phenoxy) is 3. The zero-order valence-electron chi connectivity index (χ0n) is 19.2. The van der Waals surface area contributed by atoms with E-state index >= 15 is 4.39 Å². The monoisotopic (exact) mass is 528 g/mol. The van der Waals surface area contributed by atoms with Crippen molar-refractivity contribution in [1.29, 1.82) is 0 Å². The third kappa shape index (κ3) is 5.47. The van der Waals surface area contributed by atoms with E-state index in [1.807, 2.05) is 6.92 Å². The van der Waals surface area contributed by atoms with Gasteiger partial charge in [-0.2, -0.15) is 4.39 Å².